The molecular formula is C25H48O2. The Morgan fingerprint density at radius 3 is 1.26 bits per heavy atom. The minimum absolute atomic E-state index is 0.342. The Morgan fingerprint density at radius 2 is 0.889 bits per heavy atom. The number of carboxylic acids is 1. The fourth-order valence-corrected chi connectivity index (χ4v) is 3.58. The Kier molecular flexibility index (Phi) is 22.6. The van der Waals surface area contributed by atoms with Gasteiger partial charge >= 0.3 is 5.97 Å². The molecule has 160 valence electrons. The summed E-state index contributed by atoms with van der Waals surface area (Å²) >= 11 is 0. The zero-order valence-electron chi connectivity index (χ0n) is 18.4. The first-order valence-corrected chi connectivity index (χ1v) is 12.1. The normalized spacial score (nSPS) is 11.4. The van der Waals surface area contributed by atoms with Crippen molar-refractivity contribution in [1.29, 1.82) is 0 Å². The van der Waals surface area contributed by atoms with Crippen LogP contribution in [0.3, 0.4) is 0 Å². The van der Waals surface area contributed by atoms with Crippen LogP contribution >= 0.6 is 0 Å². The molecule has 0 aromatic rings. The molecule has 0 bridgehead atoms. The first kappa shape index (κ1) is 26.2. The average Bonchev–Trinajstić information content (AvgIpc) is 2.65. The zero-order chi connectivity index (χ0) is 19.8. The summed E-state index contributed by atoms with van der Waals surface area (Å²) in [6, 6.07) is 0. The molecule has 0 rings (SSSR count). The molecule has 2 heteroatoms. The summed E-state index contributed by atoms with van der Waals surface area (Å²) in [7, 11) is 0. The molecule has 0 atom stereocenters. The van der Waals surface area contributed by atoms with Gasteiger partial charge < -0.3 is 5.11 Å². The van der Waals surface area contributed by atoms with Gasteiger partial charge in [0.2, 0.25) is 0 Å². The molecule has 0 amide bonds. The lowest BCUT2D eigenvalue weighted by atomic mass is 10.0. The number of rotatable bonds is 22. The second-order valence-corrected chi connectivity index (χ2v) is 8.20. The third-order valence-corrected chi connectivity index (χ3v) is 5.40. The number of hydrogen-bond donors (Lipinski definition) is 1. The van der Waals surface area contributed by atoms with E-state index < -0.39 is 5.97 Å². The van der Waals surface area contributed by atoms with E-state index in [1.807, 2.05) is 0 Å². The number of allylic oxidation sites excluding steroid dienone is 2. The van der Waals surface area contributed by atoms with Gasteiger partial charge in [0.1, 0.15) is 0 Å². The minimum Gasteiger partial charge on any atom is -0.481 e. The lowest BCUT2D eigenvalue weighted by molar-refractivity contribution is -0.137. The molecule has 0 saturated carbocycles. The van der Waals surface area contributed by atoms with Gasteiger partial charge in [0, 0.05) is 6.42 Å². The fraction of sp³-hybridized carbons (Fsp3) is 0.880. The second kappa shape index (κ2) is 23.2. The summed E-state index contributed by atoms with van der Waals surface area (Å²) in [6.07, 6.45) is 31.6. The molecule has 27 heavy (non-hydrogen) atoms. The zero-order valence-corrected chi connectivity index (χ0v) is 18.4. The van der Waals surface area contributed by atoms with E-state index in [1.165, 1.54) is 116 Å². The molecule has 0 aromatic carbocycles. The van der Waals surface area contributed by atoms with Gasteiger partial charge in [-0.2, -0.15) is 0 Å². The highest BCUT2D eigenvalue weighted by molar-refractivity contribution is 5.66. The summed E-state index contributed by atoms with van der Waals surface area (Å²) < 4.78 is 0. The summed E-state index contributed by atoms with van der Waals surface area (Å²) in [5, 5.41) is 8.58. The average molecular weight is 381 g/mol. The van der Waals surface area contributed by atoms with E-state index in [0.717, 1.165) is 12.8 Å². The fourth-order valence-electron chi connectivity index (χ4n) is 3.58. The maximum atomic E-state index is 10.4. The highest BCUT2D eigenvalue weighted by atomic mass is 16.4. The van der Waals surface area contributed by atoms with Crippen LogP contribution < -0.4 is 0 Å². The Labute approximate surface area is 170 Å². The van der Waals surface area contributed by atoms with Crippen LogP contribution in [0.2, 0.25) is 0 Å². The molecule has 0 aromatic heterocycles. The van der Waals surface area contributed by atoms with Crippen molar-refractivity contribution in [1.82, 2.24) is 0 Å². The Bertz CT molecular complexity index is 322. The number of carboxylic acid groups (broad SMARTS) is 1. The highest BCUT2D eigenvalue weighted by Gasteiger charge is 1.97. The molecule has 0 radical (unpaired) electrons. The third-order valence-electron chi connectivity index (χ3n) is 5.40. The van der Waals surface area contributed by atoms with Crippen LogP contribution in [0.4, 0.5) is 0 Å². The third kappa shape index (κ3) is 25.2. The number of carbonyl (C=O) groups is 1. The lowest BCUT2D eigenvalue weighted by Crippen LogP contribution is -1.93. The molecule has 0 unspecified atom stereocenters. The van der Waals surface area contributed by atoms with Crippen molar-refractivity contribution in [3.63, 3.8) is 0 Å². The largest absolute Gasteiger partial charge is 0.481 e. The summed E-state index contributed by atoms with van der Waals surface area (Å²) in [6.45, 7) is 2.28. The first-order valence-electron chi connectivity index (χ1n) is 12.1. The Morgan fingerprint density at radius 1 is 0.556 bits per heavy atom. The van der Waals surface area contributed by atoms with E-state index in [1.54, 1.807) is 0 Å². The molecule has 0 aliphatic rings. The molecule has 0 aliphatic heterocycles. The van der Waals surface area contributed by atoms with Gasteiger partial charge in [0.15, 0.2) is 0 Å². The van der Waals surface area contributed by atoms with Crippen LogP contribution in [-0.4, -0.2) is 11.1 Å². The lowest BCUT2D eigenvalue weighted by Gasteiger charge is -2.02. The van der Waals surface area contributed by atoms with Gasteiger partial charge in [-0.1, -0.05) is 115 Å². The molecule has 0 fully saturated rings. The number of unbranched alkanes of at least 4 members (excludes halogenated alkanes) is 18. The van der Waals surface area contributed by atoms with Crippen molar-refractivity contribution >= 4 is 5.97 Å². The van der Waals surface area contributed by atoms with Crippen molar-refractivity contribution in [2.24, 2.45) is 0 Å². The van der Waals surface area contributed by atoms with E-state index in [4.69, 9.17) is 5.11 Å². The predicted octanol–water partition coefficient (Wildman–Crippen LogP) is 8.84. The van der Waals surface area contributed by atoms with Crippen LogP contribution in [0, 0.1) is 0 Å². The monoisotopic (exact) mass is 380 g/mol. The van der Waals surface area contributed by atoms with E-state index in [-0.39, 0.29) is 0 Å². The minimum atomic E-state index is -0.654. The maximum Gasteiger partial charge on any atom is 0.303 e. The van der Waals surface area contributed by atoms with Crippen molar-refractivity contribution < 1.29 is 9.90 Å². The molecule has 0 saturated heterocycles. The summed E-state index contributed by atoms with van der Waals surface area (Å²) in [4.78, 5) is 10.4. The van der Waals surface area contributed by atoms with Gasteiger partial charge in [-0.15, -0.1) is 0 Å². The molecule has 0 heterocycles. The number of aliphatic carboxylic acids is 1. The first-order chi connectivity index (χ1) is 13.3. The van der Waals surface area contributed by atoms with Gasteiger partial charge in [0.05, 0.1) is 0 Å². The molecule has 2 nitrogen and oxygen atoms in total. The molecule has 0 aliphatic carbocycles. The van der Waals surface area contributed by atoms with E-state index in [9.17, 15) is 4.79 Å². The summed E-state index contributed by atoms with van der Waals surface area (Å²) in [5.74, 6) is -0.654. The van der Waals surface area contributed by atoms with E-state index in [0.29, 0.717) is 6.42 Å². The van der Waals surface area contributed by atoms with E-state index in [2.05, 4.69) is 19.1 Å². The molecule has 0 spiro atoms. The van der Waals surface area contributed by atoms with Gasteiger partial charge in [-0.25, -0.2) is 0 Å². The van der Waals surface area contributed by atoms with Crippen molar-refractivity contribution in [3.05, 3.63) is 12.2 Å². The Hall–Kier alpha value is -0.790. The standard InChI is InChI=1S/C25H48O2/c1-2-3-4-5-6-7-8-9-10-11-12-13-14-15-16-17-18-19-20-21-22-23-24-25(26)27/h10-11H,2-9,12-24H2,1H3,(H,26,27). The van der Waals surface area contributed by atoms with Crippen molar-refractivity contribution in [2.75, 3.05) is 0 Å². The predicted molar refractivity (Wildman–Crippen MR) is 119 cm³/mol. The SMILES string of the molecule is CCCCCCCCCC=CCCCCCCCCCCCCCC(=O)O. The Balaban J connectivity index is 3.07. The van der Waals surface area contributed by atoms with E-state index >= 15 is 0 Å². The summed E-state index contributed by atoms with van der Waals surface area (Å²) in [5.41, 5.74) is 0. The highest BCUT2D eigenvalue weighted by Crippen LogP contribution is 2.13. The molecular weight excluding hydrogens is 332 g/mol. The smallest absolute Gasteiger partial charge is 0.303 e. The quantitative estimate of drug-likeness (QED) is 0.150. The second-order valence-electron chi connectivity index (χ2n) is 8.20. The van der Waals surface area contributed by atoms with Crippen LogP contribution in [0.5, 0.6) is 0 Å². The van der Waals surface area contributed by atoms with Gasteiger partial charge in [-0.3, -0.25) is 4.79 Å². The van der Waals surface area contributed by atoms with Crippen molar-refractivity contribution in [2.45, 2.75) is 142 Å². The maximum absolute atomic E-state index is 10.4. The van der Waals surface area contributed by atoms with Crippen LogP contribution in [0.25, 0.3) is 0 Å². The van der Waals surface area contributed by atoms with Gasteiger partial charge in [0.25, 0.3) is 0 Å². The van der Waals surface area contributed by atoms with Crippen molar-refractivity contribution in [3.8, 4) is 0 Å². The molecule has 1 N–H and O–H groups in total. The topological polar surface area (TPSA) is 37.3 Å². The van der Waals surface area contributed by atoms with Gasteiger partial charge in [-0.05, 0) is 32.1 Å². The van der Waals surface area contributed by atoms with Crippen LogP contribution in [0.15, 0.2) is 12.2 Å². The van der Waals surface area contributed by atoms with Crippen LogP contribution in [0.1, 0.15) is 142 Å². The van der Waals surface area contributed by atoms with Crippen LogP contribution in [-0.2, 0) is 4.79 Å². The number of hydrogen-bond acceptors (Lipinski definition) is 1.